The number of carboxylic acids is 2. The minimum absolute atomic E-state index is 0.000306. The van der Waals surface area contributed by atoms with Crippen LogP contribution in [0.5, 0.6) is 0 Å². The van der Waals surface area contributed by atoms with Gasteiger partial charge in [-0.2, -0.15) is 0 Å². The minimum Gasteiger partial charge on any atom is -0.478 e. The lowest BCUT2D eigenvalue weighted by Crippen LogP contribution is -2.13. The number of carboxylic acid groups (broad SMARTS) is 2. The van der Waals surface area contributed by atoms with E-state index >= 15 is 0 Å². The van der Waals surface area contributed by atoms with Crippen LogP contribution in [0.25, 0.3) is 10.8 Å². The fraction of sp³-hybridized carbons (Fsp3) is 0. The van der Waals surface area contributed by atoms with Crippen LogP contribution in [-0.4, -0.2) is 46.0 Å². The SMILES string of the molecule is O=C(O)c1ccc(C(=O)OC(=O)c2ccc3cc(C(=O)OC(=O)c4ccc(C(=O)O)cc4)ccc3c2)cc1. The predicted molar refractivity (Wildman–Crippen MR) is 130 cm³/mol. The van der Waals surface area contributed by atoms with Gasteiger partial charge in [-0.25, -0.2) is 28.8 Å². The minimum atomic E-state index is -1.16. The van der Waals surface area contributed by atoms with Crippen LogP contribution in [0.3, 0.4) is 0 Å². The molecule has 0 saturated heterocycles. The Hall–Kier alpha value is -5.64. The molecule has 0 radical (unpaired) electrons. The molecule has 0 spiro atoms. The number of aromatic carboxylic acids is 2. The van der Waals surface area contributed by atoms with Gasteiger partial charge in [-0.1, -0.05) is 12.1 Å². The average molecular weight is 512 g/mol. The van der Waals surface area contributed by atoms with E-state index in [1.807, 2.05) is 0 Å². The molecule has 0 aliphatic heterocycles. The summed E-state index contributed by atoms with van der Waals surface area (Å²) in [4.78, 5) is 71.2. The summed E-state index contributed by atoms with van der Waals surface area (Å²) in [7, 11) is 0. The van der Waals surface area contributed by atoms with Gasteiger partial charge < -0.3 is 19.7 Å². The van der Waals surface area contributed by atoms with Gasteiger partial charge in [0, 0.05) is 0 Å². The van der Waals surface area contributed by atoms with Gasteiger partial charge in [0.05, 0.1) is 33.4 Å². The third-order valence-corrected chi connectivity index (χ3v) is 5.42. The Labute approximate surface area is 213 Å². The molecule has 2 N–H and O–H groups in total. The van der Waals surface area contributed by atoms with Crippen molar-refractivity contribution < 1.29 is 48.5 Å². The topological polar surface area (TPSA) is 161 Å². The van der Waals surface area contributed by atoms with E-state index in [1.54, 1.807) is 0 Å². The molecule has 10 nitrogen and oxygen atoms in total. The van der Waals surface area contributed by atoms with Gasteiger partial charge >= 0.3 is 35.8 Å². The molecule has 0 aliphatic rings. The van der Waals surface area contributed by atoms with Crippen LogP contribution in [0.15, 0.2) is 84.9 Å². The molecule has 0 saturated carbocycles. The van der Waals surface area contributed by atoms with Crippen molar-refractivity contribution in [1.82, 2.24) is 0 Å². The van der Waals surface area contributed by atoms with Gasteiger partial charge in [0.15, 0.2) is 0 Å². The van der Waals surface area contributed by atoms with E-state index in [1.165, 1.54) is 84.9 Å². The monoisotopic (exact) mass is 512 g/mol. The highest BCUT2D eigenvalue weighted by Gasteiger charge is 2.18. The van der Waals surface area contributed by atoms with E-state index in [2.05, 4.69) is 0 Å². The summed E-state index contributed by atoms with van der Waals surface area (Å²) in [6.45, 7) is 0. The van der Waals surface area contributed by atoms with Crippen LogP contribution < -0.4 is 0 Å². The summed E-state index contributed by atoms with van der Waals surface area (Å²) >= 11 is 0. The van der Waals surface area contributed by atoms with Gasteiger partial charge in [0.2, 0.25) is 0 Å². The highest BCUT2D eigenvalue weighted by atomic mass is 16.6. The standard InChI is InChI=1S/C28H16O10/c29-23(30)15-1-5-17(6-2-15)25(33)37-27(35)21-11-9-20-14-22(12-10-19(20)13-21)28(36)38-26(34)18-7-3-16(4-8-18)24(31)32/h1-14H,(H,29,30)(H,31,32). The summed E-state index contributed by atoms with van der Waals surface area (Å²) in [5.41, 5.74) is 0.0693. The number of hydrogen-bond donors (Lipinski definition) is 2. The summed E-state index contributed by atoms with van der Waals surface area (Å²) in [5, 5.41) is 18.9. The first-order valence-corrected chi connectivity index (χ1v) is 10.9. The van der Waals surface area contributed by atoms with Crippen molar-refractivity contribution >= 4 is 46.6 Å². The van der Waals surface area contributed by atoms with E-state index < -0.39 is 35.8 Å². The maximum atomic E-state index is 12.5. The lowest BCUT2D eigenvalue weighted by molar-refractivity contribution is 0.0379. The molecule has 0 fully saturated rings. The quantitative estimate of drug-likeness (QED) is 0.282. The number of hydrogen-bond acceptors (Lipinski definition) is 8. The van der Waals surface area contributed by atoms with Crippen LogP contribution in [-0.2, 0) is 9.47 Å². The number of benzene rings is 4. The predicted octanol–water partition coefficient (Wildman–Crippen LogP) is 4.23. The van der Waals surface area contributed by atoms with Crippen LogP contribution in [0.4, 0.5) is 0 Å². The van der Waals surface area contributed by atoms with Gasteiger partial charge in [-0.05, 0) is 83.6 Å². The van der Waals surface area contributed by atoms with Crippen molar-refractivity contribution in [3.63, 3.8) is 0 Å². The summed E-state index contributed by atoms with van der Waals surface area (Å²) in [6.07, 6.45) is 0. The second kappa shape index (κ2) is 10.5. The van der Waals surface area contributed by atoms with Crippen molar-refractivity contribution in [2.24, 2.45) is 0 Å². The van der Waals surface area contributed by atoms with E-state index in [4.69, 9.17) is 19.7 Å². The number of ether oxygens (including phenoxy) is 2. The molecule has 4 aromatic carbocycles. The zero-order valence-electron chi connectivity index (χ0n) is 19.2. The summed E-state index contributed by atoms with van der Waals surface area (Å²) < 4.78 is 9.74. The second-order valence-corrected chi connectivity index (χ2v) is 7.90. The molecule has 4 rings (SSSR count). The molecule has 0 atom stereocenters. The molecule has 0 unspecified atom stereocenters. The first-order valence-electron chi connectivity index (χ1n) is 10.9. The molecule has 38 heavy (non-hydrogen) atoms. The maximum Gasteiger partial charge on any atom is 0.346 e. The fourth-order valence-corrected chi connectivity index (χ4v) is 3.40. The van der Waals surface area contributed by atoms with Crippen molar-refractivity contribution in [2.45, 2.75) is 0 Å². The van der Waals surface area contributed by atoms with Gasteiger partial charge in [0.25, 0.3) is 0 Å². The summed E-state index contributed by atoms with van der Waals surface area (Å²) in [5.74, 6) is -6.08. The maximum absolute atomic E-state index is 12.5. The third-order valence-electron chi connectivity index (χ3n) is 5.42. The van der Waals surface area contributed by atoms with Crippen molar-refractivity contribution in [3.8, 4) is 0 Å². The zero-order valence-corrected chi connectivity index (χ0v) is 19.2. The summed E-state index contributed by atoms with van der Waals surface area (Å²) in [6, 6.07) is 18.5. The number of fused-ring (bicyclic) bond motifs is 1. The van der Waals surface area contributed by atoms with E-state index in [0.717, 1.165) is 0 Å². The van der Waals surface area contributed by atoms with E-state index in [0.29, 0.717) is 10.8 Å². The van der Waals surface area contributed by atoms with E-state index in [9.17, 15) is 28.8 Å². The normalized spacial score (nSPS) is 10.4. The van der Waals surface area contributed by atoms with Crippen LogP contribution in [0.1, 0.15) is 62.1 Å². The third kappa shape index (κ3) is 5.60. The largest absolute Gasteiger partial charge is 0.478 e. The molecule has 0 aromatic heterocycles. The number of esters is 4. The molecule has 0 bridgehead atoms. The number of rotatable bonds is 6. The molecular weight excluding hydrogens is 496 g/mol. The molecule has 0 heterocycles. The Bertz CT molecular complexity index is 1490. The lowest BCUT2D eigenvalue weighted by Gasteiger charge is -2.07. The molecule has 4 aromatic rings. The Morgan fingerprint density at radius 2 is 0.658 bits per heavy atom. The van der Waals surface area contributed by atoms with Crippen molar-refractivity contribution in [2.75, 3.05) is 0 Å². The smallest absolute Gasteiger partial charge is 0.346 e. The highest BCUT2D eigenvalue weighted by Crippen LogP contribution is 2.20. The molecule has 0 amide bonds. The molecule has 188 valence electrons. The zero-order chi connectivity index (χ0) is 27.4. The first-order chi connectivity index (χ1) is 18.1. The van der Waals surface area contributed by atoms with Crippen molar-refractivity contribution in [3.05, 3.63) is 118 Å². The Morgan fingerprint density at radius 3 is 0.974 bits per heavy atom. The fourth-order valence-electron chi connectivity index (χ4n) is 3.40. The van der Waals surface area contributed by atoms with Crippen LogP contribution >= 0.6 is 0 Å². The first kappa shape index (κ1) is 25.5. The molecular formula is C28H16O10. The Balaban J connectivity index is 1.44. The molecule has 0 aliphatic carbocycles. The number of carbonyl (C=O) groups is 6. The second-order valence-electron chi connectivity index (χ2n) is 7.90. The Morgan fingerprint density at radius 1 is 0.395 bits per heavy atom. The van der Waals surface area contributed by atoms with Crippen LogP contribution in [0, 0.1) is 0 Å². The van der Waals surface area contributed by atoms with Gasteiger partial charge in [0.1, 0.15) is 0 Å². The number of carbonyl (C=O) groups excluding carboxylic acids is 4. The van der Waals surface area contributed by atoms with Gasteiger partial charge in [-0.15, -0.1) is 0 Å². The van der Waals surface area contributed by atoms with E-state index in [-0.39, 0.29) is 33.4 Å². The van der Waals surface area contributed by atoms with Crippen LogP contribution in [0.2, 0.25) is 0 Å². The van der Waals surface area contributed by atoms with Gasteiger partial charge in [-0.3, -0.25) is 0 Å². The molecule has 10 heteroatoms. The highest BCUT2D eigenvalue weighted by molar-refractivity contribution is 6.06. The Kier molecular flexibility index (Phi) is 7.06. The average Bonchev–Trinajstić information content (AvgIpc) is 2.92. The lowest BCUT2D eigenvalue weighted by atomic mass is 10.0. The van der Waals surface area contributed by atoms with Crippen molar-refractivity contribution in [1.29, 1.82) is 0 Å².